The van der Waals surface area contributed by atoms with Gasteiger partial charge in [-0.05, 0) is 66.1 Å². The van der Waals surface area contributed by atoms with Crippen molar-refractivity contribution in [2.24, 2.45) is 0 Å². The van der Waals surface area contributed by atoms with Gasteiger partial charge in [0, 0.05) is 30.1 Å². The molecule has 1 amide bonds. The number of H-pyrrole nitrogens is 1. The van der Waals surface area contributed by atoms with Crippen LogP contribution in [0.5, 0.6) is 11.5 Å². The SMILES string of the molecule is CCCOc1ccc(C2c3c(-c4ccc(OC)cc4)n[nH]c3C(=O)N2Cc2ccncc2)cc1. The lowest BCUT2D eigenvalue weighted by molar-refractivity contribution is 0.0730. The van der Waals surface area contributed by atoms with Crippen molar-refractivity contribution < 1.29 is 14.3 Å². The van der Waals surface area contributed by atoms with Gasteiger partial charge in [0.05, 0.1) is 25.5 Å². The molecule has 7 nitrogen and oxygen atoms in total. The van der Waals surface area contributed by atoms with Crippen LogP contribution < -0.4 is 9.47 Å². The standard InChI is InChI=1S/C27H26N4O3/c1-3-16-34-22-10-6-20(7-11-22)26-23-24(19-4-8-21(33-2)9-5-19)29-30-25(23)27(32)31(26)17-18-12-14-28-15-13-18/h4-15,26H,3,16-17H2,1-2H3,(H,29,30). The molecule has 1 N–H and O–H groups in total. The van der Waals surface area contributed by atoms with Crippen LogP contribution in [0.25, 0.3) is 11.3 Å². The molecule has 0 saturated heterocycles. The number of carbonyl (C=O) groups excluding carboxylic acids is 1. The van der Waals surface area contributed by atoms with E-state index < -0.39 is 0 Å². The van der Waals surface area contributed by atoms with E-state index in [1.54, 1.807) is 19.5 Å². The molecule has 1 atom stereocenters. The molecule has 1 aliphatic rings. The number of aromatic amines is 1. The summed E-state index contributed by atoms with van der Waals surface area (Å²) in [4.78, 5) is 19.5. The van der Waals surface area contributed by atoms with Crippen molar-refractivity contribution in [3.8, 4) is 22.8 Å². The number of nitrogens with zero attached hydrogens (tertiary/aromatic N) is 3. The normalized spacial score (nSPS) is 14.8. The summed E-state index contributed by atoms with van der Waals surface area (Å²) in [5.41, 5.74) is 5.11. The number of hydrogen-bond donors (Lipinski definition) is 1. The number of methoxy groups -OCH3 is 1. The average molecular weight is 455 g/mol. The quantitative estimate of drug-likeness (QED) is 0.405. The van der Waals surface area contributed by atoms with E-state index in [0.29, 0.717) is 18.8 Å². The van der Waals surface area contributed by atoms with E-state index in [0.717, 1.165) is 45.9 Å². The smallest absolute Gasteiger partial charge is 0.273 e. The molecule has 0 fully saturated rings. The largest absolute Gasteiger partial charge is 0.497 e. The summed E-state index contributed by atoms with van der Waals surface area (Å²) in [6, 6.07) is 19.3. The minimum Gasteiger partial charge on any atom is -0.497 e. The zero-order valence-corrected chi connectivity index (χ0v) is 19.2. The highest BCUT2D eigenvalue weighted by atomic mass is 16.5. The number of carbonyl (C=O) groups is 1. The molecule has 1 unspecified atom stereocenters. The molecule has 0 radical (unpaired) electrons. The predicted octanol–water partition coefficient (Wildman–Crippen LogP) is 5.01. The Hall–Kier alpha value is -4.13. The molecular weight excluding hydrogens is 428 g/mol. The molecule has 0 saturated carbocycles. The van der Waals surface area contributed by atoms with Gasteiger partial charge in [-0.2, -0.15) is 5.10 Å². The summed E-state index contributed by atoms with van der Waals surface area (Å²) in [6.07, 6.45) is 4.44. The van der Waals surface area contributed by atoms with Gasteiger partial charge in [-0.3, -0.25) is 14.9 Å². The predicted molar refractivity (Wildman–Crippen MR) is 129 cm³/mol. The molecule has 4 aromatic rings. The van der Waals surface area contributed by atoms with Gasteiger partial charge < -0.3 is 14.4 Å². The number of nitrogens with one attached hydrogen (secondary N) is 1. The Morgan fingerprint density at radius 2 is 1.68 bits per heavy atom. The maximum Gasteiger partial charge on any atom is 0.273 e. The van der Waals surface area contributed by atoms with Crippen LogP contribution in [0.1, 0.15) is 46.6 Å². The lowest BCUT2D eigenvalue weighted by atomic mass is 9.96. The molecule has 172 valence electrons. The topological polar surface area (TPSA) is 80.3 Å². The van der Waals surface area contributed by atoms with Gasteiger partial charge in [0.25, 0.3) is 5.91 Å². The van der Waals surface area contributed by atoms with Gasteiger partial charge in [-0.15, -0.1) is 0 Å². The third-order valence-electron chi connectivity index (χ3n) is 6.00. The van der Waals surface area contributed by atoms with Crippen molar-refractivity contribution in [2.45, 2.75) is 25.9 Å². The van der Waals surface area contributed by atoms with Gasteiger partial charge in [0.15, 0.2) is 0 Å². The Morgan fingerprint density at radius 1 is 0.971 bits per heavy atom. The molecule has 3 heterocycles. The molecule has 0 spiro atoms. The first-order valence-corrected chi connectivity index (χ1v) is 11.3. The fraction of sp³-hybridized carbons (Fsp3) is 0.222. The number of ether oxygens (including phenoxy) is 2. The first-order chi connectivity index (χ1) is 16.7. The Bertz CT molecular complexity index is 1270. The Balaban J connectivity index is 1.57. The number of amides is 1. The fourth-order valence-corrected chi connectivity index (χ4v) is 4.33. The molecule has 1 aliphatic heterocycles. The van der Waals surface area contributed by atoms with Gasteiger partial charge in [-0.1, -0.05) is 19.1 Å². The lowest BCUT2D eigenvalue weighted by Gasteiger charge is -2.26. The van der Waals surface area contributed by atoms with Crippen LogP contribution in [0.3, 0.4) is 0 Å². The van der Waals surface area contributed by atoms with Gasteiger partial charge in [0.1, 0.15) is 17.2 Å². The summed E-state index contributed by atoms with van der Waals surface area (Å²) >= 11 is 0. The second kappa shape index (κ2) is 9.39. The van der Waals surface area contributed by atoms with Crippen LogP contribution in [0, 0.1) is 0 Å². The minimum absolute atomic E-state index is 0.0737. The van der Waals surface area contributed by atoms with E-state index in [-0.39, 0.29) is 11.9 Å². The monoisotopic (exact) mass is 454 g/mol. The third-order valence-corrected chi connectivity index (χ3v) is 6.00. The van der Waals surface area contributed by atoms with Crippen LogP contribution in [0.2, 0.25) is 0 Å². The van der Waals surface area contributed by atoms with Crippen LogP contribution in [-0.2, 0) is 6.54 Å². The number of pyridine rings is 1. The van der Waals surface area contributed by atoms with Crippen molar-refractivity contribution in [2.75, 3.05) is 13.7 Å². The van der Waals surface area contributed by atoms with E-state index in [4.69, 9.17) is 9.47 Å². The zero-order valence-electron chi connectivity index (χ0n) is 19.2. The Morgan fingerprint density at radius 3 is 2.35 bits per heavy atom. The van der Waals surface area contributed by atoms with Gasteiger partial charge >= 0.3 is 0 Å². The van der Waals surface area contributed by atoms with Crippen molar-refractivity contribution in [3.05, 3.63) is 95.4 Å². The van der Waals surface area contributed by atoms with E-state index in [1.165, 1.54) is 0 Å². The number of fused-ring (bicyclic) bond motifs is 1. The molecule has 7 heteroatoms. The number of benzene rings is 2. The molecule has 5 rings (SSSR count). The third kappa shape index (κ3) is 4.01. The molecular formula is C27H26N4O3. The number of rotatable bonds is 8. The Labute approximate surface area is 198 Å². The molecule has 34 heavy (non-hydrogen) atoms. The highest BCUT2D eigenvalue weighted by Crippen LogP contribution is 2.43. The summed E-state index contributed by atoms with van der Waals surface area (Å²) in [7, 11) is 1.64. The maximum absolute atomic E-state index is 13.5. The summed E-state index contributed by atoms with van der Waals surface area (Å²) in [5.74, 6) is 1.51. The zero-order chi connectivity index (χ0) is 23.5. The lowest BCUT2D eigenvalue weighted by Crippen LogP contribution is -2.29. The van der Waals surface area contributed by atoms with Crippen molar-refractivity contribution in [3.63, 3.8) is 0 Å². The molecule has 2 aromatic carbocycles. The van der Waals surface area contributed by atoms with Gasteiger partial charge in [0.2, 0.25) is 0 Å². The van der Waals surface area contributed by atoms with E-state index in [2.05, 4.69) is 22.1 Å². The van der Waals surface area contributed by atoms with Crippen molar-refractivity contribution in [1.82, 2.24) is 20.1 Å². The Kier molecular flexibility index (Phi) is 5.99. The van der Waals surface area contributed by atoms with Crippen LogP contribution >= 0.6 is 0 Å². The maximum atomic E-state index is 13.5. The van der Waals surface area contributed by atoms with Crippen molar-refractivity contribution >= 4 is 5.91 Å². The molecule has 0 bridgehead atoms. The summed E-state index contributed by atoms with van der Waals surface area (Å²) in [6.45, 7) is 3.21. The van der Waals surface area contributed by atoms with E-state index in [1.807, 2.05) is 65.6 Å². The first-order valence-electron chi connectivity index (χ1n) is 11.3. The van der Waals surface area contributed by atoms with E-state index in [9.17, 15) is 4.79 Å². The first kappa shape index (κ1) is 21.7. The summed E-state index contributed by atoms with van der Waals surface area (Å²) < 4.78 is 11.1. The highest BCUT2D eigenvalue weighted by molar-refractivity contribution is 6.00. The van der Waals surface area contributed by atoms with Gasteiger partial charge in [-0.25, -0.2) is 0 Å². The van der Waals surface area contributed by atoms with Crippen LogP contribution in [0.4, 0.5) is 0 Å². The molecule has 0 aliphatic carbocycles. The highest BCUT2D eigenvalue weighted by Gasteiger charge is 2.42. The second-order valence-electron chi connectivity index (χ2n) is 8.20. The average Bonchev–Trinajstić information content (AvgIpc) is 3.43. The fourth-order valence-electron chi connectivity index (χ4n) is 4.33. The molecule has 2 aromatic heterocycles. The summed E-state index contributed by atoms with van der Waals surface area (Å²) in [5, 5.41) is 7.55. The van der Waals surface area contributed by atoms with Crippen LogP contribution in [-0.4, -0.2) is 39.7 Å². The van der Waals surface area contributed by atoms with Crippen molar-refractivity contribution in [1.29, 1.82) is 0 Å². The van der Waals surface area contributed by atoms with E-state index >= 15 is 0 Å². The minimum atomic E-state index is -0.285. The number of hydrogen-bond acceptors (Lipinski definition) is 5. The van der Waals surface area contributed by atoms with Crippen LogP contribution in [0.15, 0.2) is 73.1 Å². The second-order valence-corrected chi connectivity index (χ2v) is 8.20. The number of aromatic nitrogens is 3.